The molecule has 0 bridgehead atoms. The molecule has 1 saturated heterocycles. The molecule has 1 heterocycles. The maximum atomic E-state index is 12.1. The van der Waals surface area contributed by atoms with Gasteiger partial charge < -0.3 is 4.90 Å². The van der Waals surface area contributed by atoms with Crippen molar-refractivity contribution in [3.63, 3.8) is 0 Å². The Hall–Kier alpha value is -1.61. The smallest absolute Gasteiger partial charge is 0.246 e. The minimum atomic E-state index is 0.123. The van der Waals surface area contributed by atoms with Crippen LogP contribution in [0.25, 0.3) is 6.08 Å². The fraction of sp³-hybridized carbons (Fsp3) is 0.471. The Bertz CT molecular complexity index is 445. The first kappa shape index (κ1) is 14.8. The molecule has 0 saturated carbocycles. The van der Waals surface area contributed by atoms with Gasteiger partial charge >= 0.3 is 0 Å². The van der Waals surface area contributed by atoms with Crippen LogP contribution < -0.4 is 0 Å². The second-order valence-electron chi connectivity index (χ2n) is 5.76. The van der Waals surface area contributed by atoms with Crippen molar-refractivity contribution in [3.8, 4) is 0 Å². The summed E-state index contributed by atoms with van der Waals surface area (Å²) in [5.41, 5.74) is 1.07. The lowest BCUT2D eigenvalue weighted by Crippen LogP contribution is -2.49. The highest BCUT2D eigenvalue weighted by atomic mass is 16.2. The quantitative estimate of drug-likeness (QED) is 0.786. The average Bonchev–Trinajstić information content (AvgIpc) is 2.46. The summed E-state index contributed by atoms with van der Waals surface area (Å²) in [5.74, 6) is 0.813. The minimum absolute atomic E-state index is 0.123. The fourth-order valence-electron chi connectivity index (χ4n) is 2.50. The van der Waals surface area contributed by atoms with E-state index in [0.717, 1.165) is 38.3 Å². The van der Waals surface area contributed by atoms with Gasteiger partial charge in [-0.2, -0.15) is 0 Å². The first-order valence-corrected chi connectivity index (χ1v) is 7.39. The maximum absolute atomic E-state index is 12.1. The number of hydrogen-bond donors (Lipinski definition) is 0. The van der Waals surface area contributed by atoms with Crippen molar-refractivity contribution in [1.29, 1.82) is 0 Å². The molecule has 1 aliphatic rings. The van der Waals surface area contributed by atoms with Crippen LogP contribution in [0.4, 0.5) is 0 Å². The maximum Gasteiger partial charge on any atom is 0.246 e. The van der Waals surface area contributed by atoms with E-state index in [9.17, 15) is 4.79 Å². The molecular formula is C17H24N2O. The SMILES string of the molecule is CC(C)CN1CCN(C(=O)/C=C/c2ccccc2)CC1. The van der Waals surface area contributed by atoms with Crippen LogP contribution >= 0.6 is 0 Å². The van der Waals surface area contributed by atoms with Crippen molar-refractivity contribution < 1.29 is 4.79 Å². The lowest BCUT2D eigenvalue weighted by atomic mass is 10.2. The van der Waals surface area contributed by atoms with Crippen LogP contribution in [0.3, 0.4) is 0 Å². The Morgan fingerprint density at radius 2 is 1.80 bits per heavy atom. The van der Waals surface area contributed by atoms with Crippen LogP contribution in [0.2, 0.25) is 0 Å². The van der Waals surface area contributed by atoms with Crippen LogP contribution in [0, 0.1) is 5.92 Å². The van der Waals surface area contributed by atoms with E-state index in [1.54, 1.807) is 6.08 Å². The molecule has 1 aliphatic heterocycles. The molecular weight excluding hydrogens is 248 g/mol. The number of amides is 1. The summed E-state index contributed by atoms with van der Waals surface area (Å²) >= 11 is 0. The summed E-state index contributed by atoms with van der Waals surface area (Å²) in [5, 5.41) is 0. The van der Waals surface area contributed by atoms with Crippen LogP contribution in [0.1, 0.15) is 19.4 Å². The summed E-state index contributed by atoms with van der Waals surface area (Å²) in [4.78, 5) is 16.5. The molecule has 0 spiro atoms. The predicted molar refractivity (Wildman–Crippen MR) is 83.3 cm³/mol. The highest BCUT2D eigenvalue weighted by Gasteiger charge is 2.19. The van der Waals surface area contributed by atoms with E-state index in [2.05, 4.69) is 18.7 Å². The van der Waals surface area contributed by atoms with Crippen molar-refractivity contribution in [2.75, 3.05) is 32.7 Å². The van der Waals surface area contributed by atoms with Gasteiger partial charge in [0.15, 0.2) is 0 Å². The largest absolute Gasteiger partial charge is 0.337 e. The van der Waals surface area contributed by atoms with Gasteiger partial charge in [0.05, 0.1) is 0 Å². The zero-order valence-electron chi connectivity index (χ0n) is 12.5. The van der Waals surface area contributed by atoms with Gasteiger partial charge in [0, 0.05) is 38.8 Å². The Labute approximate surface area is 121 Å². The summed E-state index contributed by atoms with van der Waals surface area (Å²) < 4.78 is 0. The van der Waals surface area contributed by atoms with Crippen molar-refractivity contribution in [1.82, 2.24) is 9.80 Å². The first-order valence-electron chi connectivity index (χ1n) is 7.39. The fourth-order valence-corrected chi connectivity index (χ4v) is 2.50. The van der Waals surface area contributed by atoms with Gasteiger partial charge in [-0.25, -0.2) is 0 Å². The first-order chi connectivity index (χ1) is 9.65. The van der Waals surface area contributed by atoms with Gasteiger partial charge in [0.1, 0.15) is 0 Å². The van der Waals surface area contributed by atoms with Crippen LogP contribution in [0.5, 0.6) is 0 Å². The van der Waals surface area contributed by atoms with Crippen molar-refractivity contribution >= 4 is 12.0 Å². The van der Waals surface area contributed by atoms with Gasteiger partial charge in [-0.3, -0.25) is 9.69 Å². The molecule has 0 aliphatic carbocycles. The summed E-state index contributed by atoms with van der Waals surface area (Å²) in [6.07, 6.45) is 3.58. The number of rotatable bonds is 4. The number of carbonyl (C=O) groups is 1. The molecule has 0 aromatic heterocycles. The van der Waals surface area contributed by atoms with Crippen LogP contribution in [-0.2, 0) is 4.79 Å². The molecule has 0 atom stereocenters. The van der Waals surface area contributed by atoms with Gasteiger partial charge in [0.25, 0.3) is 0 Å². The second-order valence-corrected chi connectivity index (χ2v) is 5.76. The zero-order chi connectivity index (χ0) is 14.4. The molecule has 0 unspecified atom stereocenters. The summed E-state index contributed by atoms with van der Waals surface area (Å²) in [6, 6.07) is 9.95. The lowest BCUT2D eigenvalue weighted by Gasteiger charge is -2.35. The summed E-state index contributed by atoms with van der Waals surface area (Å²) in [7, 11) is 0. The molecule has 20 heavy (non-hydrogen) atoms. The topological polar surface area (TPSA) is 23.6 Å². The number of piperazine rings is 1. The molecule has 1 aromatic carbocycles. The molecule has 0 radical (unpaired) electrons. The Balaban J connectivity index is 1.82. The van der Waals surface area contributed by atoms with Crippen molar-refractivity contribution in [2.24, 2.45) is 5.92 Å². The third-order valence-electron chi connectivity index (χ3n) is 3.53. The van der Waals surface area contributed by atoms with E-state index in [0.29, 0.717) is 5.92 Å². The second kappa shape index (κ2) is 7.25. The van der Waals surface area contributed by atoms with Crippen molar-refractivity contribution in [2.45, 2.75) is 13.8 Å². The molecule has 1 amide bonds. The normalized spacial score (nSPS) is 17.1. The van der Waals surface area contributed by atoms with Crippen LogP contribution in [-0.4, -0.2) is 48.4 Å². The highest BCUT2D eigenvalue weighted by Crippen LogP contribution is 2.07. The monoisotopic (exact) mass is 272 g/mol. The number of benzene rings is 1. The Morgan fingerprint density at radius 3 is 2.40 bits per heavy atom. The average molecular weight is 272 g/mol. The van der Waals surface area contributed by atoms with E-state index in [1.165, 1.54) is 0 Å². The van der Waals surface area contributed by atoms with Gasteiger partial charge in [-0.05, 0) is 17.6 Å². The third-order valence-corrected chi connectivity index (χ3v) is 3.53. The van der Waals surface area contributed by atoms with Gasteiger partial charge in [-0.15, -0.1) is 0 Å². The van der Waals surface area contributed by atoms with E-state index in [4.69, 9.17) is 0 Å². The van der Waals surface area contributed by atoms with E-state index < -0.39 is 0 Å². The number of hydrogen-bond acceptors (Lipinski definition) is 2. The molecule has 1 fully saturated rings. The van der Waals surface area contributed by atoms with E-state index in [1.807, 2.05) is 41.3 Å². The highest BCUT2D eigenvalue weighted by molar-refractivity contribution is 5.91. The Kier molecular flexibility index (Phi) is 5.36. The zero-order valence-corrected chi connectivity index (χ0v) is 12.5. The van der Waals surface area contributed by atoms with Gasteiger partial charge in [0.2, 0.25) is 5.91 Å². The molecule has 0 N–H and O–H groups in total. The summed E-state index contributed by atoms with van der Waals surface area (Å²) in [6.45, 7) is 9.25. The van der Waals surface area contributed by atoms with Crippen molar-refractivity contribution in [3.05, 3.63) is 42.0 Å². The number of nitrogens with zero attached hydrogens (tertiary/aromatic N) is 2. The van der Waals surface area contributed by atoms with E-state index >= 15 is 0 Å². The standard InChI is InChI=1S/C17H24N2O/c1-15(2)14-18-10-12-19(13-11-18)17(20)9-8-16-6-4-3-5-7-16/h3-9,15H,10-14H2,1-2H3/b9-8+. The minimum Gasteiger partial charge on any atom is -0.337 e. The lowest BCUT2D eigenvalue weighted by molar-refractivity contribution is -0.127. The molecule has 108 valence electrons. The van der Waals surface area contributed by atoms with Gasteiger partial charge in [-0.1, -0.05) is 44.2 Å². The predicted octanol–water partition coefficient (Wildman–Crippen LogP) is 2.50. The molecule has 3 heteroatoms. The molecule has 3 nitrogen and oxygen atoms in total. The third kappa shape index (κ3) is 4.49. The Morgan fingerprint density at radius 1 is 1.15 bits per heavy atom. The van der Waals surface area contributed by atoms with E-state index in [-0.39, 0.29) is 5.91 Å². The van der Waals surface area contributed by atoms with Crippen LogP contribution in [0.15, 0.2) is 36.4 Å². The number of carbonyl (C=O) groups excluding carboxylic acids is 1. The molecule has 1 aromatic rings. The molecule has 2 rings (SSSR count).